The summed E-state index contributed by atoms with van der Waals surface area (Å²) in [5, 5.41) is 21.2. The average molecular weight is 395 g/mol. The van der Waals surface area contributed by atoms with E-state index in [1.165, 1.54) is 54.6 Å². The number of aromatic hydroxyl groups is 2. The van der Waals surface area contributed by atoms with Crippen LogP contribution in [0.2, 0.25) is 0 Å². The fourth-order valence-electron chi connectivity index (χ4n) is 2.50. The van der Waals surface area contributed by atoms with E-state index in [4.69, 9.17) is 0 Å². The van der Waals surface area contributed by atoms with E-state index in [2.05, 4.69) is 5.32 Å². The van der Waals surface area contributed by atoms with E-state index >= 15 is 0 Å². The maximum Gasteiger partial charge on any atom is 0.258 e. The summed E-state index contributed by atoms with van der Waals surface area (Å²) in [6.07, 6.45) is 2.78. The number of halogens is 2. The average Bonchev–Trinajstić information content (AvgIpc) is 2.69. The molecule has 0 aliphatic carbocycles. The molecule has 0 spiro atoms. The van der Waals surface area contributed by atoms with Crippen LogP contribution < -0.4 is 5.32 Å². The van der Waals surface area contributed by atoms with Gasteiger partial charge in [-0.15, -0.1) is 0 Å². The smallest absolute Gasteiger partial charge is 0.258 e. The number of carbonyl (C=O) groups excluding carboxylic acids is 2. The number of nitrogens with one attached hydrogen (secondary N) is 1. The number of amides is 1. The zero-order chi connectivity index (χ0) is 21.0. The highest BCUT2D eigenvalue weighted by Gasteiger charge is 2.13. The first kappa shape index (κ1) is 19.8. The maximum absolute atomic E-state index is 13.7. The molecule has 3 aromatic carbocycles. The number of rotatable bonds is 5. The number of hydrogen-bond acceptors (Lipinski definition) is 4. The van der Waals surface area contributed by atoms with Crippen molar-refractivity contribution in [2.45, 2.75) is 0 Å². The predicted molar refractivity (Wildman–Crippen MR) is 104 cm³/mol. The van der Waals surface area contributed by atoms with Crippen molar-refractivity contribution in [2.24, 2.45) is 0 Å². The lowest BCUT2D eigenvalue weighted by atomic mass is 10.1. The lowest BCUT2D eigenvalue weighted by molar-refractivity contribution is 0.102. The predicted octanol–water partition coefficient (Wildman–Crippen LogP) is 4.52. The number of phenolic OH excluding ortho intramolecular Hbond substituents is 2. The Morgan fingerprint density at radius 1 is 0.862 bits per heavy atom. The van der Waals surface area contributed by atoms with Crippen molar-refractivity contribution >= 4 is 23.5 Å². The molecule has 0 aliphatic heterocycles. The van der Waals surface area contributed by atoms with Gasteiger partial charge in [0.1, 0.15) is 11.6 Å². The molecular formula is C22H15F2NO4. The molecule has 0 aromatic heterocycles. The molecule has 7 heteroatoms. The monoisotopic (exact) mass is 395 g/mol. The van der Waals surface area contributed by atoms with E-state index < -0.39 is 17.5 Å². The molecule has 29 heavy (non-hydrogen) atoms. The van der Waals surface area contributed by atoms with E-state index in [9.17, 15) is 28.6 Å². The zero-order valence-corrected chi connectivity index (χ0v) is 14.9. The number of carbonyl (C=O) groups is 2. The Labute approximate surface area is 164 Å². The summed E-state index contributed by atoms with van der Waals surface area (Å²) in [5.41, 5.74) is 0.906. The van der Waals surface area contributed by atoms with Gasteiger partial charge in [0.25, 0.3) is 5.91 Å². The van der Waals surface area contributed by atoms with Gasteiger partial charge in [0.2, 0.25) is 0 Å². The Kier molecular flexibility index (Phi) is 5.69. The number of ketones is 1. The Bertz CT molecular complexity index is 1110. The molecule has 0 saturated heterocycles. The fraction of sp³-hybridized carbons (Fsp3) is 0. The third kappa shape index (κ3) is 4.84. The van der Waals surface area contributed by atoms with Crippen LogP contribution in [0.15, 0.2) is 66.7 Å². The van der Waals surface area contributed by atoms with Crippen LogP contribution in [0.3, 0.4) is 0 Å². The summed E-state index contributed by atoms with van der Waals surface area (Å²) in [4.78, 5) is 24.3. The second-order valence-corrected chi connectivity index (χ2v) is 6.10. The molecule has 1 amide bonds. The molecule has 0 fully saturated rings. The number of benzene rings is 3. The Balaban J connectivity index is 1.67. The highest BCUT2D eigenvalue weighted by atomic mass is 19.1. The molecule has 0 unspecified atom stereocenters. The normalized spacial score (nSPS) is 10.8. The van der Waals surface area contributed by atoms with Crippen LogP contribution in [0.5, 0.6) is 11.5 Å². The molecule has 5 nitrogen and oxygen atoms in total. The molecule has 0 heterocycles. The minimum atomic E-state index is -0.972. The van der Waals surface area contributed by atoms with E-state index in [0.717, 1.165) is 12.1 Å². The van der Waals surface area contributed by atoms with Crippen LogP contribution >= 0.6 is 0 Å². The zero-order valence-electron chi connectivity index (χ0n) is 14.9. The van der Waals surface area contributed by atoms with Crippen LogP contribution in [0.1, 0.15) is 26.3 Å². The lowest BCUT2D eigenvalue weighted by Gasteiger charge is -2.07. The van der Waals surface area contributed by atoms with Gasteiger partial charge >= 0.3 is 0 Å². The van der Waals surface area contributed by atoms with Gasteiger partial charge in [-0.3, -0.25) is 9.59 Å². The number of anilines is 1. The van der Waals surface area contributed by atoms with Gasteiger partial charge in [-0.25, -0.2) is 8.78 Å². The Morgan fingerprint density at radius 2 is 1.59 bits per heavy atom. The highest BCUT2D eigenvalue weighted by molar-refractivity contribution is 6.08. The summed E-state index contributed by atoms with van der Waals surface area (Å²) in [7, 11) is 0. The molecule has 0 radical (unpaired) electrons. The van der Waals surface area contributed by atoms with Crippen LogP contribution in [0.4, 0.5) is 14.5 Å². The van der Waals surface area contributed by atoms with Crippen molar-refractivity contribution in [1.82, 2.24) is 0 Å². The van der Waals surface area contributed by atoms with Gasteiger partial charge < -0.3 is 15.5 Å². The topological polar surface area (TPSA) is 86.6 Å². The van der Waals surface area contributed by atoms with Gasteiger partial charge in [-0.2, -0.15) is 0 Å². The molecule has 0 aliphatic rings. The largest absolute Gasteiger partial charge is 0.504 e. The summed E-state index contributed by atoms with van der Waals surface area (Å²) < 4.78 is 26.6. The third-order valence-electron chi connectivity index (χ3n) is 4.03. The van der Waals surface area contributed by atoms with Crippen LogP contribution in [0.25, 0.3) is 6.08 Å². The van der Waals surface area contributed by atoms with E-state index in [-0.39, 0.29) is 22.8 Å². The third-order valence-corrected chi connectivity index (χ3v) is 4.03. The first-order chi connectivity index (χ1) is 13.8. The lowest BCUT2D eigenvalue weighted by Crippen LogP contribution is -2.14. The highest BCUT2D eigenvalue weighted by Crippen LogP contribution is 2.25. The van der Waals surface area contributed by atoms with E-state index in [1.807, 2.05) is 0 Å². The van der Waals surface area contributed by atoms with Crippen molar-refractivity contribution in [3.63, 3.8) is 0 Å². The van der Waals surface area contributed by atoms with Gasteiger partial charge in [-0.1, -0.05) is 12.1 Å². The van der Waals surface area contributed by atoms with Crippen molar-refractivity contribution in [2.75, 3.05) is 5.32 Å². The molecule has 0 saturated carbocycles. The van der Waals surface area contributed by atoms with Gasteiger partial charge in [0.05, 0.1) is 5.56 Å². The SMILES string of the molecule is O=C(/C=C/c1ccc(O)c(O)c1)c1ccc(NC(=O)c2ccc(F)cc2F)cc1. The molecule has 0 atom stereocenters. The number of phenols is 2. The summed E-state index contributed by atoms with van der Waals surface area (Å²) in [6, 6.07) is 12.7. The summed E-state index contributed by atoms with van der Waals surface area (Å²) in [5.74, 6) is -3.37. The van der Waals surface area contributed by atoms with Crippen molar-refractivity contribution in [1.29, 1.82) is 0 Å². The summed E-state index contributed by atoms with van der Waals surface area (Å²) in [6.45, 7) is 0. The Morgan fingerprint density at radius 3 is 2.24 bits per heavy atom. The first-order valence-electron chi connectivity index (χ1n) is 8.44. The second-order valence-electron chi connectivity index (χ2n) is 6.10. The first-order valence-corrected chi connectivity index (χ1v) is 8.44. The molecule has 0 bridgehead atoms. The maximum atomic E-state index is 13.7. The number of allylic oxidation sites excluding steroid dienone is 1. The molecule has 3 rings (SSSR count). The summed E-state index contributed by atoms with van der Waals surface area (Å²) >= 11 is 0. The van der Waals surface area contributed by atoms with E-state index in [1.54, 1.807) is 0 Å². The molecular weight excluding hydrogens is 380 g/mol. The standard InChI is InChI=1S/C22H15F2NO4/c23-15-5-8-17(18(24)12-15)22(29)25-16-6-3-14(4-7-16)19(26)9-1-13-2-10-20(27)21(28)11-13/h1-12,27-28H,(H,25,29)/b9-1+. The van der Waals surface area contributed by atoms with E-state index in [0.29, 0.717) is 22.9 Å². The Hall–Kier alpha value is -4.00. The van der Waals surface area contributed by atoms with Crippen molar-refractivity contribution < 1.29 is 28.6 Å². The van der Waals surface area contributed by atoms with Crippen molar-refractivity contribution in [3.05, 3.63) is 95.1 Å². The fourth-order valence-corrected chi connectivity index (χ4v) is 2.50. The number of hydrogen-bond donors (Lipinski definition) is 3. The van der Waals surface area contributed by atoms with Gasteiger partial charge in [-0.05, 0) is 60.2 Å². The van der Waals surface area contributed by atoms with Crippen LogP contribution in [-0.4, -0.2) is 21.9 Å². The molecule has 3 aromatic rings. The van der Waals surface area contributed by atoms with Crippen LogP contribution in [0, 0.1) is 11.6 Å². The van der Waals surface area contributed by atoms with Gasteiger partial charge in [0.15, 0.2) is 17.3 Å². The molecule has 3 N–H and O–H groups in total. The minimum Gasteiger partial charge on any atom is -0.504 e. The molecule has 146 valence electrons. The van der Waals surface area contributed by atoms with Crippen LogP contribution in [-0.2, 0) is 0 Å². The van der Waals surface area contributed by atoms with Crippen molar-refractivity contribution in [3.8, 4) is 11.5 Å². The quantitative estimate of drug-likeness (QED) is 0.337. The van der Waals surface area contributed by atoms with Gasteiger partial charge in [0, 0.05) is 17.3 Å². The minimum absolute atomic E-state index is 0.258. The second kappa shape index (κ2) is 8.35.